The van der Waals surface area contributed by atoms with Gasteiger partial charge in [-0.05, 0) is 0 Å². The maximum absolute atomic E-state index is 11.8. The molecule has 2 aliphatic carbocycles. The van der Waals surface area contributed by atoms with Crippen LogP contribution in [-0.2, 0) is 20.4 Å². The Kier molecular flexibility index (Phi) is 8.09. The van der Waals surface area contributed by atoms with Crippen LogP contribution in [0.2, 0.25) is 18.1 Å². The van der Waals surface area contributed by atoms with Gasteiger partial charge in [-0.1, -0.05) is 0 Å². The van der Waals surface area contributed by atoms with Crippen LogP contribution in [0.3, 0.4) is 0 Å². The zero-order chi connectivity index (χ0) is 25.2. The molecule has 2 aromatic rings. The first-order valence-corrected chi connectivity index (χ1v) is 17.6. The number of nitrogens with one attached hydrogen (secondary N) is 1. The van der Waals surface area contributed by atoms with Crippen LogP contribution in [0, 0.1) is 5.92 Å². The number of carbonyl (C=O) groups excluding carboxylic acids is 1. The number of nitrogens with zero attached hydrogens (tertiary/aromatic N) is 2. The molecule has 1 saturated carbocycles. The summed E-state index contributed by atoms with van der Waals surface area (Å²) in [6, 6.07) is 10.9. The van der Waals surface area contributed by atoms with Crippen molar-refractivity contribution in [3.63, 3.8) is 0 Å². The summed E-state index contributed by atoms with van der Waals surface area (Å²) in [6.07, 6.45) is 5.58. The van der Waals surface area contributed by atoms with Crippen molar-refractivity contribution in [2.75, 3.05) is 11.9 Å². The first-order chi connectivity index (χ1) is 16.5. The Morgan fingerprint density at radius 1 is 1.20 bits per heavy atom. The van der Waals surface area contributed by atoms with Gasteiger partial charge in [0.2, 0.25) is 0 Å². The quantitative estimate of drug-likeness (QED) is 0.378. The van der Waals surface area contributed by atoms with Crippen LogP contribution in [0.1, 0.15) is 62.8 Å². The molecular formula is C27H39AsN3O3Si. The van der Waals surface area contributed by atoms with E-state index in [0.29, 0.717) is 17.2 Å². The Morgan fingerprint density at radius 2 is 1.97 bits per heavy atom. The number of hydrogen-bond acceptors (Lipinski definition) is 6. The van der Waals surface area contributed by atoms with Crippen molar-refractivity contribution >= 4 is 40.3 Å². The summed E-state index contributed by atoms with van der Waals surface area (Å²) >= 11 is -0.0862. The summed E-state index contributed by atoms with van der Waals surface area (Å²) in [6.45, 7) is 13.6. The summed E-state index contributed by atoms with van der Waals surface area (Å²) in [5, 5.41) is 3.76. The molecule has 35 heavy (non-hydrogen) atoms. The van der Waals surface area contributed by atoms with E-state index in [0.717, 1.165) is 29.6 Å². The molecule has 1 aromatic carbocycles. The van der Waals surface area contributed by atoms with Crippen LogP contribution in [0.5, 0.6) is 0 Å². The van der Waals surface area contributed by atoms with Gasteiger partial charge in [0.1, 0.15) is 0 Å². The van der Waals surface area contributed by atoms with Crippen molar-refractivity contribution in [3.8, 4) is 0 Å². The van der Waals surface area contributed by atoms with Crippen LogP contribution in [0.15, 0.2) is 36.7 Å². The predicted molar refractivity (Wildman–Crippen MR) is 144 cm³/mol. The van der Waals surface area contributed by atoms with E-state index in [1.54, 1.807) is 6.33 Å². The molecule has 0 unspecified atom stereocenters. The van der Waals surface area contributed by atoms with Gasteiger partial charge in [-0.3, -0.25) is 0 Å². The van der Waals surface area contributed by atoms with Crippen LogP contribution in [0.25, 0.3) is 0 Å². The fraction of sp³-hybridized carbons (Fsp3) is 0.593. The van der Waals surface area contributed by atoms with Crippen LogP contribution < -0.4 is 9.80 Å². The third-order valence-corrected chi connectivity index (χ3v) is 15.1. The van der Waals surface area contributed by atoms with Gasteiger partial charge in [-0.2, -0.15) is 0 Å². The van der Waals surface area contributed by atoms with Crippen LogP contribution in [-0.4, -0.2) is 58.8 Å². The number of rotatable bonds is 8. The zero-order valence-corrected chi connectivity index (χ0v) is 24.8. The van der Waals surface area contributed by atoms with Crippen molar-refractivity contribution in [2.45, 2.75) is 88.4 Å². The summed E-state index contributed by atoms with van der Waals surface area (Å²) in [4.78, 5) is 20.9. The Morgan fingerprint density at radius 3 is 2.71 bits per heavy atom. The minimum atomic E-state index is -1.82. The van der Waals surface area contributed by atoms with Crippen molar-refractivity contribution in [2.24, 2.45) is 5.92 Å². The first kappa shape index (κ1) is 26.4. The molecule has 0 bridgehead atoms. The Hall–Kier alpha value is -1.69. The number of carbonyl (C=O) groups is 1. The second-order valence-corrected chi connectivity index (χ2v) is 19.1. The van der Waals surface area contributed by atoms with Crippen molar-refractivity contribution < 1.29 is 14.0 Å². The number of anilines is 1. The van der Waals surface area contributed by atoms with E-state index in [-0.39, 0.29) is 38.9 Å². The van der Waals surface area contributed by atoms with Crippen molar-refractivity contribution in [1.82, 2.24) is 9.97 Å². The van der Waals surface area contributed by atoms with E-state index in [1.807, 2.05) is 0 Å². The minimum absolute atomic E-state index is 0.0260. The average molecular weight is 557 g/mol. The van der Waals surface area contributed by atoms with Gasteiger partial charge < -0.3 is 0 Å². The second kappa shape index (κ2) is 10.7. The predicted octanol–water partition coefficient (Wildman–Crippen LogP) is 4.64. The summed E-state index contributed by atoms with van der Waals surface area (Å²) in [7, 11) is -1.82. The molecule has 6 nitrogen and oxygen atoms in total. The van der Waals surface area contributed by atoms with E-state index in [2.05, 4.69) is 79.5 Å². The van der Waals surface area contributed by atoms with Gasteiger partial charge in [0, 0.05) is 0 Å². The Bertz CT molecular complexity index is 1040. The number of ether oxygens (including phenoxy) is 1. The van der Waals surface area contributed by atoms with E-state index in [9.17, 15) is 4.79 Å². The van der Waals surface area contributed by atoms with E-state index in [1.165, 1.54) is 24.5 Å². The van der Waals surface area contributed by atoms with Crippen molar-refractivity contribution in [3.05, 3.63) is 47.8 Å². The molecule has 0 spiro atoms. The standard InChI is InChI=1S/C27H39AsN3O3Si/c1-18(32)34-24-14-19(16-33-35(5,6)27(2,3)4)13-23(24)31-26-15-25(29-17-30-26)28-22-12-11-20-9-7-8-10-21(20)22/h7-10,15,17,19,22-24H,11-14,16H2,1-6H3,(H,29,30,31)/t19-,22-,23-,24+/m0/s1. The fourth-order valence-electron chi connectivity index (χ4n) is 4.79. The van der Waals surface area contributed by atoms with E-state index in [4.69, 9.17) is 9.16 Å². The van der Waals surface area contributed by atoms with E-state index < -0.39 is 8.32 Å². The average Bonchev–Trinajstić information content (AvgIpc) is 3.35. The molecule has 0 aliphatic heterocycles. The molecule has 1 radical (unpaired) electrons. The monoisotopic (exact) mass is 556 g/mol. The third kappa shape index (κ3) is 6.55. The molecule has 2 aliphatic rings. The summed E-state index contributed by atoms with van der Waals surface area (Å²) < 4.78 is 14.0. The summed E-state index contributed by atoms with van der Waals surface area (Å²) in [5.41, 5.74) is 2.98. The van der Waals surface area contributed by atoms with E-state index >= 15 is 0 Å². The van der Waals surface area contributed by atoms with Gasteiger partial charge in [0.15, 0.2) is 0 Å². The van der Waals surface area contributed by atoms with Gasteiger partial charge in [-0.25, -0.2) is 0 Å². The topological polar surface area (TPSA) is 73.3 Å². The number of benzene rings is 1. The fourth-order valence-corrected chi connectivity index (χ4v) is 8.57. The number of aromatic nitrogens is 2. The van der Waals surface area contributed by atoms with Gasteiger partial charge in [-0.15, -0.1) is 0 Å². The molecule has 0 saturated heterocycles. The number of esters is 1. The number of fused-ring (bicyclic) bond motifs is 1. The summed E-state index contributed by atoms with van der Waals surface area (Å²) in [5.74, 6) is 0.944. The normalized spacial score (nSPS) is 24.6. The molecular weight excluding hydrogens is 517 g/mol. The zero-order valence-electron chi connectivity index (χ0n) is 21.9. The molecule has 1 fully saturated rings. The molecule has 189 valence electrons. The molecule has 4 rings (SSSR count). The first-order valence-electron chi connectivity index (χ1n) is 12.7. The van der Waals surface area contributed by atoms with Crippen LogP contribution >= 0.6 is 0 Å². The number of hydrogen-bond donors (Lipinski definition) is 1. The van der Waals surface area contributed by atoms with Gasteiger partial charge in [0.25, 0.3) is 0 Å². The third-order valence-electron chi connectivity index (χ3n) is 7.78. The van der Waals surface area contributed by atoms with Gasteiger partial charge >= 0.3 is 218 Å². The molecule has 1 N–H and O–H groups in total. The Balaban J connectivity index is 1.41. The maximum atomic E-state index is 11.8. The molecule has 8 heteroatoms. The Labute approximate surface area is 217 Å². The van der Waals surface area contributed by atoms with Crippen LogP contribution in [0.4, 0.5) is 5.82 Å². The molecule has 0 amide bonds. The SMILES string of the molecule is CC(=O)O[C@@H]1C[C@@H](CO[Si](C)(C)C(C)(C)C)C[C@@H]1Nc1cc([As][C@H]2CCc3ccccc32)ncn1. The molecule has 1 heterocycles. The molecule has 1 aromatic heterocycles. The second-order valence-electron chi connectivity index (χ2n) is 11.5. The number of aryl methyl sites for hydroxylation is 1. The van der Waals surface area contributed by atoms with Gasteiger partial charge in [0.05, 0.1) is 0 Å². The molecule has 4 atom stereocenters. The van der Waals surface area contributed by atoms with Crippen molar-refractivity contribution in [1.29, 1.82) is 0 Å².